The smallest absolute Gasteiger partial charge is 0.119 e. The lowest BCUT2D eigenvalue weighted by molar-refractivity contribution is 0.340. The summed E-state index contributed by atoms with van der Waals surface area (Å²) in [4.78, 5) is 0. The highest BCUT2D eigenvalue weighted by molar-refractivity contribution is 6.31. The van der Waals surface area contributed by atoms with Crippen LogP contribution in [0.15, 0.2) is 30.5 Å². The van der Waals surface area contributed by atoms with Gasteiger partial charge < -0.3 is 10.5 Å². The number of benzene rings is 1. The Balaban J connectivity index is 2.31. The van der Waals surface area contributed by atoms with Crippen molar-refractivity contribution in [2.24, 2.45) is 5.73 Å². The topological polar surface area (TPSA) is 53.1 Å². The van der Waals surface area contributed by atoms with Crippen molar-refractivity contribution >= 4 is 11.6 Å². The molecule has 20 heavy (non-hydrogen) atoms. The molecule has 0 aliphatic carbocycles. The Kier molecular flexibility index (Phi) is 4.68. The highest BCUT2D eigenvalue weighted by Crippen LogP contribution is 2.29. The summed E-state index contributed by atoms with van der Waals surface area (Å²) >= 11 is 6.23. The maximum Gasteiger partial charge on any atom is 0.119 e. The van der Waals surface area contributed by atoms with Gasteiger partial charge in [-0.15, -0.1) is 0 Å². The van der Waals surface area contributed by atoms with E-state index in [0.29, 0.717) is 11.6 Å². The van der Waals surface area contributed by atoms with E-state index in [2.05, 4.69) is 18.9 Å². The fourth-order valence-electron chi connectivity index (χ4n) is 2.15. The molecule has 0 fully saturated rings. The predicted molar refractivity (Wildman–Crippen MR) is 81.3 cm³/mol. The van der Waals surface area contributed by atoms with Crippen LogP contribution >= 0.6 is 11.6 Å². The van der Waals surface area contributed by atoms with Crippen molar-refractivity contribution in [3.8, 4) is 5.75 Å². The molecule has 0 saturated carbocycles. The van der Waals surface area contributed by atoms with E-state index >= 15 is 0 Å². The number of rotatable bonds is 5. The molecule has 1 aromatic heterocycles. The molecule has 4 nitrogen and oxygen atoms in total. The van der Waals surface area contributed by atoms with Crippen molar-refractivity contribution in [3.63, 3.8) is 0 Å². The fraction of sp³-hybridized carbons (Fsp3) is 0.400. The lowest BCUT2D eigenvalue weighted by Crippen LogP contribution is -2.19. The van der Waals surface area contributed by atoms with Crippen LogP contribution in [0.5, 0.6) is 5.75 Å². The van der Waals surface area contributed by atoms with Gasteiger partial charge in [0.25, 0.3) is 0 Å². The Morgan fingerprint density at radius 3 is 2.50 bits per heavy atom. The van der Waals surface area contributed by atoms with Crippen LogP contribution in [0.25, 0.3) is 0 Å². The average molecular weight is 294 g/mol. The third-order valence-corrected chi connectivity index (χ3v) is 3.41. The van der Waals surface area contributed by atoms with E-state index in [1.807, 2.05) is 35.9 Å². The molecule has 1 aromatic carbocycles. The van der Waals surface area contributed by atoms with Gasteiger partial charge in [-0.2, -0.15) is 5.10 Å². The summed E-state index contributed by atoms with van der Waals surface area (Å²) < 4.78 is 7.30. The molecule has 0 radical (unpaired) electrons. The van der Waals surface area contributed by atoms with Gasteiger partial charge in [0.2, 0.25) is 0 Å². The van der Waals surface area contributed by atoms with Crippen molar-refractivity contribution in [2.45, 2.75) is 32.9 Å². The van der Waals surface area contributed by atoms with Gasteiger partial charge >= 0.3 is 0 Å². The minimum atomic E-state index is -0.303. The van der Waals surface area contributed by atoms with Crippen LogP contribution in [0.1, 0.15) is 44.1 Å². The summed E-state index contributed by atoms with van der Waals surface area (Å²) in [6, 6.07) is 7.67. The average Bonchev–Trinajstić information content (AvgIpc) is 2.81. The molecule has 0 amide bonds. The second-order valence-corrected chi connectivity index (χ2v) is 5.30. The second kappa shape index (κ2) is 6.29. The SMILES string of the molecule is CCOc1ccc(C(N)c2c(Cl)cnn2C(C)C)cc1. The number of hydrogen-bond donors (Lipinski definition) is 1. The van der Waals surface area contributed by atoms with Crippen LogP contribution in [0, 0.1) is 0 Å². The summed E-state index contributed by atoms with van der Waals surface area (Å²) in [7, 11) is 0. The molecular formula is C15H20ClN3O. The standard InChI is InChI=1S/C15H20ClN3O/c1-4-20-12-7-5-11(6-8-12)14(17)15-13(16)9-18-19(15)10(2)3/h5-10,14H,4,17H2,1-3H3. The van der Waals surface area contributed by atoms with Gasteiger partial charge in [-0.25, -0.2) is 0 Å². The van der Waals surface area contributed by atoms with Crippen molar-refractivity contribution in [2.75, 3.05) is 6.61 Å². The molecule has 0 spiro atoms. The number of ether oxygens (including phenoxy) is 1. The summed E-state index contributed by atoms with van der Waals surface area (Å²) in [6.07, 6.45) is 1.64. The first-order chi connectivity index (χ1) is 9.54. The molecule has 0 bridgehead atoms. The van der Waals surface area contributed by atoms with Gasteiger partial charge in [0.15, 0.2) is 0 Å². The maximum absolute atomic E-state index is 6.34. The van der Waals surface area contributed by atoms with Gasteiger partial charge in [0.1, 0.15) is 5.75 Å². The molecule has 1 heterocycles. The van der Waals surface area contributed by atoms with Crippen LogP contribution in [0.2, 0.25) is 5.02 Å². The molecule has 1 unspecified atom stereocenters. The molecular weight excluding hydrogens is 274 g/mol. The Bertz CT molecular complexity index is 563. The zero-order valence-corrected chi connectivity index (χ0v) is 12.8. The number of nitrogens with two attached hydrogens (primary N) is 1. The third kappa shape index (κ3) is 2.97. The Morgan fingerprint density at radius 2 is 1.95 bits per heavy atom. The highest BCUT2D eigenvalue weighted by atomic mass is 35.5. The molecule has 1 atom stereocenters. The van der Waals surface area contributed by atoms with Crippen LogP contribution in [-0.2, 0) is 0 Å². The second-order valence-electron chi connectivity index (χ2n) is 4.90. The Labute approximate surface area is 124 Å². The molecule has 0 aliphatic heterocycles. The first-order valence-corrected chi connectivity index (χ1v) is 7.13. The molecule has 0 aliphatic rings. The van der Waals surface area contributed by atoms with Crippen LogP contribution in [0.3, 0.4) is 0 Å². The number of halogens is 1. The largest absolute Gasteiger partial charge is 0.494 e. The zero-order chi connectivity index (χ0) is 14.7. The van der Waals surface area contributed by atoms with Gasteiger partial charge in [-0.3, -0.25) is 4.68 Å². The highest BCUT2D eigenvalue weighted by Gasteiger charge is 2.20. The zero-order valence-electron chi connectivity index (χ0n) is 12.0. The lowest BCUT2D eigenvalue weighted by Gasteiger charge is -2.18. The lowest BCUT2D eigenvalue weighted by atomic mass is 10.0. The summed E-state index contributed by atoms with van der Waals surface area (Å²) in [5, 5.41) is 4.89. The number of aromatic nitrogens is 2. The van der Waals surface area contributed by atoms with Crippen LogP contribution < -0.4 is 10.5 Å². The van der Waals surface area contributed by atoms with E-state index in [4.69, 9.17) is 22.1 Å². The molecule has 2 aromatic rings. The monoisotopic (exact) mass is 293 g/mol. The molecule has 0 saturated heterocycles. The van der Waals surface area contributed by atoms with E-state index in [0.717, 1.165) is 17.0 Å². The number of nitrogens with zero attached hydrogens (tertiary/aromatic N) is 2. The van der Waals surface area contributed by atoms with Gasteiger partial charge in [0.05, 0.1) is 29.6 Å². The summed E-state index contributed by atoms with van der Waals surface area (Å²) in [6.45, 7) is 6.72. The van der Waals surface area contributed by atoms with Crippen molar-refractivity contribution < 1.29 is 4.74 Å². The molecule has 2 N–H and O–H groups in total. The fourth-order valence-corrected chi connectivity index (χ4v) is 2.40. The Hall–Kier alpha value is -1.52. The van der Waals surface area contributed by atoms with E-state index < -0.39 is 0 Å². The molecule has 2 rings (SSSR count). The maximum atomic E-state index is 6.34. The number of hydrogen-bond acceptors (Lipinski definition) is 3. The molecule has 108 valence electrons. The van der Waals surface area contributed by atoms with Crippen LogP contribution in [0.4, 0.5) is 0 Å². The first kappa shape index (κ1) is 14.9. The van der Waals surface area contributed by atoms with Gasteiger partial charge in [-0.05, 0) is 38.5 Å². The quantitative estimate of drug-likeness (QED) is 0.917. The van der Waals surface area contributed by atoms with E-state index in [1.165, 1.54) is 0 Å². The Morgan fingerprint density at radius 1 is 1.30 bits per heavy atom. The minimum absolute atomic E-state index is 0.214. The van der Waals surface area contributed by atoms with Gasteiger partial charge in [0, 0.05) is 6.04 Å². The van der Waals surface area contributed by atoms with E-state index in [9.17, 15) is 0 Å². The van der Waals surface area contributed by atoms with E-state index in [-0.39, 0.29) is 12.1 Å². The molecule has 5 heteroatoms. The van der Waals surface area contributed by atoms with Crippen molar-refractivity contribution in [3.05, 3.63) is 46.7 Å². The minimum Gasteiger partial charge on any atom is -0.494 e. The normalized spacial score (nSPS) is 12.7. The summed E-state index contributed by atoms with van der Waals surface area (Å²) in [5.41, 5.74) is 8.16. The van der Waals surface area contributed by atoms with Crippen LogP contribution in [-0.4, -0.2) is 16.4 Å². The first-order valence-electron chi connectivity index (χ1n) is 6.75. The van der Waals surface area contributed by atoms with Crippen molar-refractivity contribution in [1.82, 2.24) is 9.78 Å². The predicted octanol–water partition coefficient (Wildman–Crippen LogP) is 3.56. The summed E-state index contributed by atoms with van der Waals surface area (Å²) in [5.74, 6) is 0.840. The third-order valence-electron chi connectivity index (χ3n) is 3.12. The van der Waals surface area contributed by atoms with Crippen molar-refractivity contribution in [1.29, 1.82) is 0 Å². The van der Waals surface area contributed by atoms with E-state index in [1.54, 1.807) is 6.20 Å². The van der Waals surface area contributed by atoms with Gasteiger partial charge in [-0.1, -0.05) is 23.7 Å².